The molecule has 0 aromatic heterocycles. The summed E-state index contributed by atoms with van der Waals surface area (Å²) in [6.07, 6.45) is 0. The zero-order valence-corrected chi connectivity index (χ0v) is 20.2. The molecule has 0 aliphatic carbocycles. The van der Waals surface area contributed by atoms with Gasteiger partial charge in [0.2, 0.25) is 23.6 Å². The number of carboxylic acid groups (broad SMARTS) is 2. The molecule has 0 fully saturated rings. The number of hydrogen-bond donors (Lipinski definition) is 4. The summed E-state index contributed by atoms with van der Waals surface area (Å²) < 4.78 is 0. The first-order valence-electron chi connectivity index (χ1n) is 7.11. The topological polar surface area (TPSA) is 149 Å². The van der Waals surface area contributed by atoms with Crippen LogP contribution in [0.3, 0.4) is 0 Å². The molecular weight excluding hydrogens is 454 g/mol. The maximum atomic E-state index is 10.9. The van der Waals surface area contributed by atoms with Crippen molar-refractivity contribution in [2.45, 2.75) is 39.8 Å². The Bertz CT molecular complexity index is 509. The van der Waals surface area contributed by atoms with Crippen molar-refractivity contribution in [1.29, 1.82) is 0 Å². The van der Waals surface area contributed by atoms with Crippen molar-refractivity contribution in [2.24, 2.45) is 0 Å². The van der Waals surface area contributed by atoms with Gasteiger partial charge in [-0.1, -0.05) is 0 Å². The molecule has 0 aliphatic heterocycles. The number of carbonyl (C=O) groups excluding carboxylic acids is 4. The Labute approximate surface area is 180 Å². The van der Waals surface area contributed by atoms with Crippen LogP contribution in [0.2, 0.25) is 0 Å². The molecular formula is C14H22N2O8S2Zn. The van der Waals surface area contributed by atoms with Crippen LogP contribution in [0.5, 0.6) is 0 Å². The zero-order valence-electron chi connectivity index (χ0n) is 15.4. The first-order chi connectivity index (χ1) is 11.8. The molecule has 13 heteroatoms. The van der Waals surface area contributed by atoms with E-state index in [1.54, 1.807) is 0 Å². The fourth-order valence-corrected chi connectivity index (χ4v) is 2.50. The number of carbonyl (C=O) groups is 6. The number of amides is 4. The summed E-state index contributed by atoms with van der Waals surface area (Å²) in [6, 6.07) is -2.36. The molecule has 0 saturated heterocycles. The van der Waals surface area contributed by atoms with Gasteiger partial charge in [0.1, 0.15) is 12.1 Å². The third-order valence-electron chi connectivity index (χ3n) is 2.90. The van der Waals surface area contributed by atoms with Gasteiger partial charge in [-0.2, -0.15) is 25.3 Å². The second-order valence-corrected chi connectivity index (χ2v) is 5.62. The average Bonchev–Trinajstić information content (AvgIpc) is 2.47. The molecule has 2 atom stereocenters. The Morgan fingerprint density at radius 3 is 0.889 bits per heavy atom. The van der Waals surface area contributed by atoms with Crippen molar-refractivity contribution in [2.75, 3.05) is 11.5 Å². The van der Waals surface area contributed by atoms with Gasteiger partial charge < -0.3 is 10.2 Å². The molecule has 27 heavy (non-hydrogen) atoms. The number of rotatable bonds is 6. The molecule has 0 saturated carbocycles. The van der Waals surface area contributed by atoms with Crippen LogP contribution in [0.15, 0.2) is 0 Å². The fraction of sp³-hybridized carbons (Fsp3) is 0.571. The van der Waals surface area contributed by atoms with Gasteiger partial charge in [0.25, 0.3) is 0 Å². The Balaban J connectivity index is -0.000000411. The van der Waals surface area contributed by atoms with E-state index in [2.05, 4.69) is 25.3 Å². The number of nitrogens with zero attached hydrogens (tertiary/aromatic N) is 2. The molecule has 0 aromatic carbocycles. The van der Waals surface area contributed by atoms with Crippen LogP contribution in [0, 0.1) is 0 Å². The van der Waals surface area contributed by atoms with Gasteiger partial charge >= 0.3 is 11.9 Å². The van der Waals surface area contributed by atoms with Crippen molar-refractivity contribution >= 4 is 60.8 Å². The zero-order chi connectivity index (χ0) is 21.2. The normalized spacial score (nSPS) is 11.5. The number of imide groups is 2. The number of aliphatic carboxylic acids is 2. The number of carboxylic acids is 2. The van der Waals surface area contributed by atoms with Crippen LogP contribution in [-0.4, -0.2) is 79.2 Å². The molecule has 0 heterocycles. The predicted octanol–water partition coefficient (Wildman–Crippen LogP) is -0.474. The Morgan fingerprint density at radius 2 is 0.852 bits per heavy atom. The van der Waals surface area contributed by atoms with Crippen LogP contribution in [0.4, 0.5) is 0 Å². The van der Waals surface area contributed by atoms with Gasteiger partial charge in [-0.05, 0) is 0 Å². The Kier molecular flexibility index (Phi) is 16.4. The van der Waals surface area contributed by atoms with E-state index in [0.717, 1.165) is 27.7 Å². The molecule has 0 bridgehead atoms. The van der Waals surface area contributed by atoms with E-state index in [-0.39, 0.29) is 31.0 Å². The molecule has 0 unspecified atom stereocenters. The fourth-order valence-electron chi connectivity index (χ4n) is 1.86. The molecule has 4 amide bonds. The predicted molar refractivity (Wildman–Crippen MR) is 97.0 cm³/mol. The minimum Gasteiger partial charge on any atom is -0.480 e. The molecule has 10 nitrogen and oxygen atoms in total. The van der Waals surface area contributed by atoms with Gasteiger partial charge in [0.05, 0.1) is 0 Å². The summed E-state index contributed by atoms with van der Waals surface area (Å²) in [4.78, 5) is 66.1. The molecule has 0 radical (unpaired) electrons. The van der Waals surface area contributed by atoms with E-state index < -0.39 is 47.7 Å². The first kappa shape index (κ1) is 30.3. The van der Waals surface area contributed by atoms with E-state index in [4.69, 9.17) is 10.2 Å². The Morgan fingerprint density at radius 1 is 0.667 bits per heavy atom. The third-order valence-corrected chi connectivity index (χ3v) is 3.59. The van der Waals surface area contributed by atoms with Crippen LogP contribution in [-0.2, 0) is 48.2 Å². The number of thiol groups is 2. The van der Waals surface area contributed by atoms with Crippen molar-refractivity contribution in [3.8, 4) is 0 Å². The summed E-state index contributed by atoms with van der Waals surface area (Å²) in [6.45, 7) is 4.56. The summed E-state index contributed by atoms with van der Waals surface area (Å²) in [7, 11) is 0. The molecule has 150 valence electrons. The number of hydrogen-bond acceptors (Lipinski definition) is 8. The van der Waals surface area contributed by atoms with Gasteiger partial charge in [0.15, 0.2) is 0 Å². The maximum Gasteiger partial charge on any atom is 0.327 e. The smallest absolute Gasteiger partial charge is 0.327 e. The summed E-state index contributed by atoms with van der Waals surface area (Å²) in [5.74, 6) is -5.00. The first-order valence-corrected chi connectivity index (χ1v) is 8.37. The molecule has 0 aliphatic rings. The van der Waals surface area contributed by atoms with Crippen LogP contribution >= 0.6 is 25.3 Å². The monoisotopic (exact) mass is 474 g/mol. The molecule has 0 spiro atoms. The quantitative estimate of drug-likeness (QED) is 0.297. The minimum atomic E-state index is -1.24. The van der Waals surface area contributed by atoms with Crippen molar-refractivity contribution < 1.29 is 58.5 Å². The second kappa shape index (κ2) is 14.6. The summed E-state index contributed by atoms with van der Waals surface area (Å²) >= 11 is 7.51. The van der Waals surface area contributed by atoms with Gasteiger partial charge in [-0.15, -0.1) is 0 Å². The standard InChI is InChI=1S/2C7H11NO4S.Zn/c2*1-4(9)8(5(2)10)6(3-13)7(11)12;/h2*6,13H,3H2,1-2H3,(H,11,12);/t2*6-;/m00./s1. The van der Waals surface area contributed by atoms with E-state index in [9.17, 15) is 28.8 Å². The van der Waals surface area contributed by atoms with E-state index in [1.807, 2.05) is 0 Å². The molecule has 0 aromatic rings. The van der Waals surface area contributed by atoms with Gasteiger partial charge in [0, 0.05) is 58.7 Å². The SMILES string of the molecule is CC(=O)N(C(C)=O)[C@@H](CS)C(=O)O.CC(=O)N(C(C)=O)[C@@H](CS)C(=O)O.[Zn]. The summed E-state index contributed by atoms with van der Waals surface area (Å²) in [5.41, 5.74) is 0. The second-order valence-electron chi connectivity index (χ2n) is 4.89. The van der Waals surface area contributed by atoms with Crippen molar-refractivity contribution in [3.05, 3.63) is 0 Å². The summed E-state index contributed by atoms with van der Waals surface area (Å²) in [5, 5.41) is 17.3. The average molecular weight is 476 g/mol. The van der Waals surface area contributed by atoms with E-state index >= 15 is 0 Å². The largest absolute Gasteiger partial charge is 0.480 e. The molecule has 0 rings (SSSR count). The van der Waals surface area contributed by atoms with Gasteiger partial charge in [-0.25, -0.2) is 9.59 Å². The van der Waals surface area contributed by atoms with E-state index in [1.165, 1.54) is 0 Å². The maximum absolute atomic E-state index is 10.9. The van der Waals surface area contributed by atoms with Crippen LogP contribution < -0.4 is 0 Å². The third kappa shape index (κ3) is 10.5. The van der Waals surface area contributed by atoms with Crippen molar-refractivity contribution in [3.63, 3.8) is 0 Å². The van der Waals surface area contributed by atoms with Crippen LogP contribution in [0.25, 0.3) is 0 Å². The van der Waals surface area contributed by atoms with E-state index in [0.29, 0.717) is 9.80 Å². The van der Waals surface area contributed by atoms with Crippen LogP contribution in [0.1, 0.15) is 27.7 Å². The van der Waals surface area contributed by atoms with Crippen molar-refractivity contribution in [1.82, 2.24) is 9.80 Å². The minimum absolute atomic E-state index is 0. The van der Waals surface area contributed by atoms with Gasteiger partial charge in [-0.3, -0.25) is 29.0 Å². The molecule has 2 N–H and O–H groups in total. The Hall–Kier alpha value is -1.46.